The van der Waals surface area contributed by atoms with Gasteiger partial charge in [-0.15, -0.1) is 0 Å². The van der Waals surface area contributed by atoms with E-state index in [1.54, 1.807) is 18.2 Å². The van der Waals surface area contributed by atoms with E-state index in [1.165, 1.54) is 25.6 Å². The van der Waals surface area contributed by atoms with Crippen molar-refractivity contribution < 1.29 is 19.1 Å². The molecule has 2 amide bonds. The number of anilines is 1. The summed E-state index contributed by atoms with van der Waals surface area (Å²) in [5.74, 6) is 0.243. The molecule has 0 aliphatic carbocycles. The van der Waals surface area contributed by atoms with Crippen molar-refractivity contribution in [2.75, 3.05) is 26.1 Å². The molecule has 1 heterocycles. The van der Waals surface area contributed by atoms with Gasteiger partial charge >= 0.3 is 0 Å². The van der Waals surface area contributed by atoms with Gasteiger partial charge in [-0.05, 0) is 49.2 Å². The fourth-order valence-electron chi connectivity index (χ4n) is 2.83. The minimum Gasteiger partial charge on any atom is -0.493 e. The van der Waals surface area contributed by atoms with E-state index in [-0.39, 0.29) is 18.4 Å². The van der Waals surface area contributed by atoms with Gasteiger partial charge in [0.1, 0.15) is 0 Å². The van der Waals surface area contributed by atoms with Gasteiger partial charge < -0.3 is 20.1 Å². The number of hydrogen-bond donors (Lipinski definition) is 2. The van der Waals surface area contributed by atoms with Crippen molar-refractivity contribution in [3.63, 3.8) is 0 Å². The van der Waals surface area contributed by atoms with Crippen LogP contribution in [0.15, 0.2) is 30.3 Å². The van der Waals surface area contributed by atoms with Crippen LogP contribution in [-0.2, 0) is 4.79 Å². The molecule has 3 rings (SSSR count). The fraction of sp³-hybridized carbons (Fsp3) is 0.250. The first-order valence-corrected chi connectivity index (χ1v) is 9.40. The predicted octanol–water partition coefficient (Wildman–Crippen LogP) is 3.30. The second-order valence-corrected chi connectivity index (χ2v) is 7.28. The van der Waals surface area contributed by atoms with E-state index >= 15 is 0 Å². The van der Waals surface area contributed by atoms with E-state index in [9.17, 15) is 9.59 Å². The summed E-state index contributed by atoms with van der Waals surface area (Å²) in [6, 6.07) is 8.89. The van der Waals surface area contributed by atoms with E-state index in [1.807, 2.05) is 19.9 Å². The smallest absolute Gasteiger partial charge is 0.251 e. The summed E-state index contributed by atoms with van der Waals surface area (Å²) >= 11 is 1.41. The summed E-state index contributed by atoms with van der Waals surface area (Å²) in [6.07, 6.45) is 0. The lowest BCUT2D eigenvalue weighted by molar-refractivity contribution is -0.115. The maximum atomic E-state index is 12.3. The highest BCUT2D eigenvalue weighted by molar-refractivity contribution is 7.22. The predicted molar refractivity (Wildman–Crippen MR) is 110 cm³/mol. The van der Waals surface area contributed by atoms with Crippen LogP contribution < -0.4 is 20.1 Å². The Hall–Kier alpha value is -3.13. The van der Waals surface area contributed by atoms with Crippen molar-refractivity contribution in [3.8, 4) is 11.5 Å². The maximum absolute atomic E-state index is 12.3. The van der Waals surface area contributed by atoms with Gasteiger partial charge in [0.25, 0.3) is 5.91 Å². The second kappa shape index (κ2) is 8.26. The van der Waals surface area contributed by atoms with Crippen LogP contribution >= 0.6 is 11.3 Å². The lowest BCUT2D eigenvalue weighted by Gasteiger charge is -2.09. The number of nitrogens with zero attached hydrogens (tertiary/aromatic N) is 1. The highest BCUT2D eigenvalue weighted by atomic mass is 32.1. The average molecular weight is 399 g/mol. The summed E-state index contributed by atoms with van der Waals surface area (Å²) < 4.78 is 11.4. The Kier molecular flexibility index (Phi) is 5.79. The summed E-state index contributed by atoms with van der Waals surface area (Å²) in [4.78, 5) is 29.0. The normalized spacial score (nSPS) is 10.6. The highest BCUT2D eigenvalue weighted by Crippen LogP contribution is 2.29. The minimum atomic E-state index is -0.383. The number of methoxy groups -OCH3 is 2. The van der Waals surface area contributed by atoms with Crippen molar-refractivity contribution >= 4 is 38.5 Å². The molecule has 2 N–H and O–H groups in total. The third-order valence-corrected chi connectivity index (χ3v) is 5.05. The molecule has 2 aromatic carbocycles. The number of carbonyl (C=O) groups is 2. The fourth-order valence-corrected chi connectivity index (χ4v) is 3.89. The summed E-state index contributed by atoms with van der Waals surface area (Å²) in [5, 5.41) is 5.83. The number of fused-ring (bicyclic) bond motifs is 1. The molecular weight excluding hydrogens is 378 g/mol. The van der Waals surface area contributed by atoms with Crippen molar-refractivity contribution in [2.24, 2.45) is 0 Å². The van der Waals surface area contributed by atoms with Crippen LogP contribution in [0.5, 0.6) is 11.5 Å². The van der Waals surface area contributed by atoms with Crippen LogP contribution in [-0.4, -0.2) is 37.6 Å². The van der Waals surface area contributed by atoms with Crippen LogP contribution in [0, 0.1) is 13.8 Å². The quantitative estimate of drug-likeness (QED) is 0.664. The molecule has 0 aliphatic heterocycles. The van der Waals surface area contributed by atoms with E-state index in [2.05, 4.69) is 21.7 Å². The van der Waals surface area contributed by atoms with Crippen LogP contribution in [0.25, 0.3) is 10.2 Å². The first-order valence-electron chi connectivity index (χ1n) is 8.59. The standard InChI is InChI=1S/C20H21N3O4S/c1-11-7-12(2)18-16(8-11)28-20(23-18)22-17(24)10-21-19(25)13-5-6-14(26-3)15(9-13)27-4/h5-9H,10H2,1-4H3,(H,21,25)(H,22,23,24). The maximum Gasteiger partial charge on any atom is 0.251 e. The number of aryl methyl sites for hydroxylation is 2. The van der Waals surface area contributed by atoms with Crippen LogP contribution in [0.2, 0.25) is 0 Å². The first kappa shape index (κ1) is 19.6. The molecule has 0 saturated carbocycles. The average Bonchev–Trinajstić information content (AvgIpc) is 3.07. The monoisotopic (exact) mass is 399 g/mol. The third kappa shape index (κ3) is 4.23. The third-order valence-electron chi connectivity index (χ3n) is 4.13. The molecular formula is C20H21N3O4S. The Labute approximate surface area is 166 Å². The zero-order valence-corrected chi connectivity index (χ0v) is 16.9. The number of ether oxygens (including phenoxy) is 2. The van der Waals surface area contributed by atoms with Crippen molar-refractivity contribution in [1.82, 2.24) is 10.3 Å². The molecule has 8 heteroatoms. The Morgan fingerprint density at radius 1 is 1.07 bits per heavy atom. The Balaban J connectivity index is 1.63. The van der Waals surface area contributed by atoms with Gasteiger partial charge in [0, 0.05) is 5.56 Å². The number of amides is 2. The van der Waals surface area contributed by atoms with Gasteiger partial charge in [0.15, 0.2) is 16.6 Å². The SMILES string of the molecule is COc1ccc(C(=O)NCC(=O)Nc2nc3c(C)cc(C)cc3s2)cc1OC. The van der Waals surface area contributed by atoms with Crippen LogP contribution in [0.3, 0.4) is 0 Å². The highest BCUT2D eigenvalue weighted by Gasteiger charge is 2.13. The number of benzene rings is 2. The van der Waals surface area contributed by atoms with Crippen molar-refractivity contribution in [2.45, 2.75) is 13.8 Å². The number of thiazole rings is 1. The molecule has 0 spiro atoms. The van der Waals surface area contributed by atoms with Gasteiger partial charge in [0.05, 0.1) is 31.0 Å². The van der Waals surface area contributed by atoms with Crippen molar-refractivity contribution in [3.05, 3.63) is 47.0 Å². The van der Waals surface area contributed by atoms with Gasteiger partial charge in [-0.2, -0.15) is 0 Å². The van der Waals surface area contributed by atoms with E-state index < -0.39 is 0 Å². The molecule has 0 radical (unpaired) electrons. The molecule has 28 heavy (non-hydrogen) atoms. The van der Waals surface area contributed by atoms with Crippen molar-refractivity contribution in [1.29, 1.82) is 0 Å². The molecule has 0 fully saturated rings. The molecule has 146 valence electrons. The van der Waals surface area contributed by atoms with Crippen LogP contribution in [0.4, 0.5) is 5.13 Å². The molecule has 0 atom stereocenters. The Bertz CT molecular complexity index is 1050. The lowest BCUT2D eigenvalue weighted by Crippen LogP contribution is -2.32. The number of hydrogen-bond acceptors (Lipinski definition) is 6. The Morgan fingerprint density at radius 2 is 1.82 bits per heavy atom. The second-order valence-electron chi connectivity index (χ2n) is 6.25. The summed E-state index contributed by atoms with van der Waals surface area (Å²) in [5.41, 5.74) is 3.46. The lowest BCUT2D eigenvalue weighted by atomic mass is 10.1. The summed E-state index contributed by atoms with van der Waals surface area (Å²) in [7, 11) is 3.01. The largest absolute Gasteiger partial charge is 0.493 e. The first-order chi connectivity index (χ1) is 13.4. The topological polar surface area (TPSA) is 89.5 Å². The van der Waals surface area contributed by atoms with Gasteiger partial charge in [0.2, 0.25) is 5.91 Å². The molecule has 0 saturated heterocycles. The minimum absolute atomic E-state index is 0.166. The van der Waals surface area contributed by atoms with E-state index in [0.29, 0.717) is 22.2 Å². The molecule has 3 aromatic rings. The molecule has 0 bridgehead atoms. The number of aromatic nitrogens is 1. The van der Waals surface area contributed by atoms with Gasteiger partial charge in [-0.25, -0.2) is 4.98 Å². The number of nitrogens with one attached hydrogen (secondary N) is 2. The van der Waals surface area contributed by atoms with Gasteiger partial charge in [-0.1, -0.05) is 17.4 Å². The molecule has 0 aliphatic rings. The van der Waals surface area contributed by atoms with Gasteiger partial charge in [-0.3, -0.25) is 9.59 Å². The number of rotatable bonds is 6. The Morgan fingerprint density at radius 3 is 2.54 bits per heavy atom. The van der Waals surface area contributed by atoms with E-state index in [0.717, 1.165) is 21.3 Å². The molecule has 7 nitrogen and oxygen atoms in total. The molecule has 1 aromatic heterocycles. The van der Waals surface area contributed by atoms with E-state index in [4.69, 9.17) is 9.47 Å². The zero-order valence-electron chi connectivity index (χ0n) is 16.1. The molecule has 0 unspecified atom stereocenters. The summed E-state index contributed by atoms with van der Waals surface area (Å²) in [6.45, 7) is 3.85. The number of carbonyl (C=O) groups excluding carboxylic acids is 2. The van der Waals surface area contributed by atoms with Crippen LogP contribution in [0.1, 0.15) is 21.5 Å². The zero-order chi connectivity index (χ0) is 20.3.